The van der Waals surface area contributed by atoms with E-state index in [4.69, 9.17) is 18.9 Å². The van der Waals surface area contributed by atoms with Crippen LogP contribution in [-0.2, 0) is 9.53 Å². The van der Waals surface area contributed by atoms with Gasteiger partial charge in [-0.05, 0) is 12.1 Å². The number of ether oxygens (including phenoxy) is 4. The van der Waals surface area contributed by atoms with Gasteiger partial charge in [-0.15, -0.1) is 0 Å². The van der Waals surface area contributed by atoms with E-state index in [9.17, 15) is 9.59 Å². The molecule has 1 unspecified atom stereocenters. The Labute approximate surface area is 163 Å². The van der Waals surface area contributed by atoms with Crippen LogP contribution in [0.15, 0.2) is 30.3 Å². The highest BCUT2D eigenvalue weighted by molar-refractivity contribution is 5.97. The quantitative estimate of drug-likeness (QED) is 0.515. The molecule has 0 fully saturated rings. The van der Waals surface area contributed by atoms with Crippen LogP contribution in [0, 0.1) is 0 Å². The number of carbonyl (C=O) groups excluding carboxylic acids is 2. The Kier molecular flexibility index (Phi) is 7.55. The van der Waals surface area contributed by atoms with Gasteiger partial charge >= 0.3 is 12.0 Å². The number of hydrogen-bond donors (Lipinski definition) is 1. The molecule has 0 spiro atoms. The maximum Gasteiger partial charge on any atom is 0.328 e. The predicted octanol–water partition coefficient (Wildman–Crippen LogP) is 2.71. The summed E-state index contributed by atoms with van der Waals surface area (Å²) in [5.41, 5.74) is 0.235. The molecule has 0 radical (unpaired) electrons. The Balaban J connectivity index is 2.23. The van der Waals surface area contributed by atoms with E-state index in [-0.39, 0.29) is 35.5 Å². The Hall–Kier alpha value is -3.36. The van der Waals surface area contributed by atoms with Crippen LogP contribution in [0.3, 0.4) is 0 Å². The molecule has 150 valence electrons. The second kappa shape index (κ2) is 10.1. The third kappa shape index (κ3) is 5.57. The van der Waals surface area contributed by atoms with Gasteiger partial charge in [0.05, 0.1) is 25.8 Å². The molecular formula is C19H23N3O6. The lowest BCUT2D eigenvalue weighted by molar-refractivity contribution is -0.149. The molecule has 0 bridgehead atoms. The van der Waals surface area contributed by atoms with Gasteiger partial charge in [0.1, 0.15) is 5.75 Å². The molecule has 2 aromatic rings. The highest BCUT2D eigenvalue weighted by Gasteiger charge is 2.19. The standard InChI is InChI=1S/C19H23N3O6/c1-5-14(28-17(23)6-2)20-18(24)12-9-7-8-10-13(12)27-19-21-15(25-3)11-16(22-19)26-4/h7-11,14H,5-6H2,1-4H3,(H,20,24). The molecule has 28 heavy (non-hydrogen) atoms. The SMILES string of the molecule is CCC(=O)OC(CC)NC(=O)c1ccccc1Oc1nc(OC)cc(OC)n1. The molecule has 1 amide bonds. The summed E-state index contributed by atoms with van der Waals surface area (Å²) in [6.45, 7) is 3.48. The van der Waals surface area contributed by atoms with Gasteiger partial charge in [-0.25, -0.2) is 0 Å². The molecule has 1 aromatic carbocycles. The zero-order valence-corrected chi connectivity index (χ0v) is 16.2. The summed E-state index contributed by atoms with van der Waals surface area (Å²) in [6.07, 6.45) is -0.0845. The lowest BCUT2D eigenvalue weighted by Crippen LogP contribution is -2.38. The minimum Gasteiger partial charge on any atom is -0.481 e. The van der Waals surface area contributed by atoms with Crippen molar-refractivity contribution in [2.24, 2.45) is 0 Å². The monoisotopic (exact) mass is 389 g/mol. The highest BCUT2D eigenvalue weighted by atomic mass is 16.6. The van der Waals surface area contributed by atoms with Crippen molar-refractivity contribution in [1.82, 2.24) is 15.3 Å². The van der Waals surface area contributed by atoms with Crippen LogP contribution in [-0.4, -0.2) is 42.3 Å². The van der Waals surface area contributed by atoms with E-state index in [1.165, 1.54) is 20.3 Å². The van der Waals surface area contributed by atoms with Gasteiger partial charge in [0.2, 0.25) is 11.8 Å². The average molecular weight is 389 g/mol. The Morgan fingerprint density at radius 3 is 2.29 bits per heavy atom. The van der Waals surface area contributed by atoms with Crippen molar-refractivity contribution in [2.75, 3.05) is 14.2 Å². The topological polar surface area (TPSA) is 109 Å². The fraction of sp³-hybridized carbons (Fsp3) is 0.368. The molecule has 0 aliphatic carbocycles. The zero-order valence-electron chi connectivity index (χ0n) is 16.2. The largest absolute Gasteiger partial charge is 0.481 e. The molecule has 9 heteroatoms. The number of amides is 1. The van der Waals surface area contributed by atoms with Crippen molar-refractivity contribution in [3.05, 3.63) is 35.9 Å². The van der Waals surface area contributed by atoms with Crippen LogP contribution < -0.4 is 19.5 Å². The van der Waals surface area contributed by atoms with Crippen molar-refractivity contribution < 1.29 is 28.5 Å². The molecule has 1 aromatic heterocycles. The van der Waals surface area contributed by atoms with Crippen molar-refractivity contribution >= 4 is 11.9 Å². The molecule has 9 nitrogen and oxygen atoms in total. The molecular weight excluding hydrogens is 366 g/mol. The smallest absolute Gasteiger partial charge is 0.328 e. The van der Waals surface area contributed by atoms with Crippen LogP contribution in [0.2, 0.25) is 0 Å². The minimum atomic E-state index is -0.735. The number of methoxy groups -OCH3 is 2. The van der Waals surface area contributed by atoms with Gasteiger partial charge in [-0.2, -0.15) is 9.97 Å². The second-order valence-corrected chi connectivity index (χ2v) is 5.55. The molecule has 1 N–H and O–H groups in total. The number of hydrogen-bond acceptors (Lipinski definition) is 8. The number of carbonyl (C=O) groups is 2. The van der Waals surface area contributed by atoms with E-state index < -0.39 is 18.1 Å². The summed E-state index contributed by atoms with van der Waals surface area (Å²) in [7, 11) is 2.91. The summed E-state index contributed by atoms with van der Waals surface area (Å²) >= 11 is 0. The number of para-hydroxylation sites is 1. The van der Waals surface area contributed by atoms with Crippen molar-refractivity contribution in [3.63, 3.8) is 0 Å². The first-order valence-corrected chi connectivity index (χ1v) is 8.74. The van der Waals surface area contributed by atoms with E-state index in [2.05, 4.69) is 15.3 Å². The van der Waals surface area contributed by atoms with E-state index in [0.29, 0.717) is 6.42 Å². The zero-order chi connectivity index (χ0) is 20.5. The first kappa shape index (κ1) is 20.9. The van der Waals surface area contributed by atoms with Crippen LogP contribution in [0.25, 0.3) is 0 Å². The summed E-state index contributed by atoms with van der Waals surface area (Å²) in [5, 5.41) is 2.67. The highest BCUT2D eigenvalue weighted by Crippen LogP contribution is 2.26. The van der Waals surface area contributed by atoms with E-state index in [1.54, 1.807) is 38.1 Å². The van der Waals surface area contributed by atoms with Gasteiger partial charge in [0.25, 0.3) is 5.91 Å². The Morgan fingerprint density at radius 1 is 1.07 bits per heavy atom. The fourth-order valence-corrected chi connectivity index (χ4v) is 2.16. The van der Waals surface area contributed by atoms with E-state index >= 15 is 0 Å². The first-order valence-electron chi connectivity index (χ1n) is 8.74. The average Bonchev–Trinajstić information content (AvgIpc) is 2.72. The van der Waals surface area contributed by atoms with Gasteiger partial charge in [-0.1, -0.05) is 26.0 Å². The number of nitrogens with one attached hydrogen (secondary N) is 1. The number of esters is 1. The molecule has 0 saturated carbocycles. The minimum absolute atomic E-state index is 0.0408. The van der Waals surface area contributed by atoms with Crippen LogP contribution in [0.4, 0.5) is 0 Å². The lowest BCUT2D eigenvalue weighted by Gasteiger charge is -2.18. The summed E-state index contributed by atoms with van der Waals surface area (Å²) in [4.78, 5) is 32.3. The molecule has 0 saturated heterocycles. The molecule has 1 heterocycles. The Morgan fingerprint density at radius 2 is 1.71 bits per heavy atom. The second-order valence-electron chi connectivity index (χ2n) is 5.55. The molecule has 0 aliphatic heterocycles. The van der Waals surface area contributed by atoms with Crippen molar-refractivity contribution in [2.45, 2.75) is 32.9 Å². The molecule has 1 atom stereocenters. The third-order valence-electron chi connectivity index (χ3n) is 3.64. The molecule has 2 rings (SSSR count). The van der Waals surface area contributed by atoms with Crippen LogP contribution >= 0.6 is 0 Å². The number of nitrogens with zero attached hydrogens (tertiary/aromatic N) is 2. The molecule has 0 aliphatic rings. The normalized spacial score (nSPS) is 11.3. The van der Waals surface area contributed by atoms with E-state index in [1.807, 2.05) is 0 Å². The Bertz CT molecular complexity index is 805. The number of rotatable bonds is 9. The van der Waals surface area contributed by atoms with E-state index in [0.717, 1.165) is 0 Å². The first-order chi connectivity index (χ1) is 13.5. The van der Waals surface area contributed by atoms with Crippen molar-refractivity contribution in [3.8, 4) is 23.5 Å². The number of benzene rings is 1. The van der Waals surface area contributed by atoms with Crippen molar-refractivity contribution in [1.29, 1.82) is 0 Å². The summed E-state index contributed by atoms with van der Waals surface area (Å²) in [5.74, 6) is -0.121. The maximum absolute atomic E-state index is 12.7. The lowest BCUT2D eigenvalue weighted by atomic mass is 10.2. The van der Waals surface area contributed by atoms with Crippen LogP contribution in [0.1, 0.15) is 37.0 Å². The van der Waals surface area contributed by atoms with Gasteiger partial charge in [0.15, 0.2) is 6.23 Å². The van der Waals surface area contributed by atoms with Gasteiger partial charge in [0, 0.05) is 12.8 Å². The summed E-state index contributed by atoms with van der Waals surface area (Å²) in [6, 6.07) is 8.03. The number of aromatic nitrogens is 2. The predicted molar refractivity (Wildman–Crippen MR) is 99.6 cm³/mol. The van der Waals surface area contributed by atoms with Gasteiger partial charge < -0.3 is 24.3 Å². The van der Waals surface area contributed by atoms with Gasteiger partial charge in [-0.3, -0.25) is 9.59 Å². The maximum atomic E-state index is 12.7. The van der Waals surface area contributed by atoms with Crippen LogP contribution in [0.5, 0.6) is 23.5 Å². The third-order valence-corrected chi connectivity index (χ3v) is 3.64. The summed E-state index contributed by atoms with van der Waals surface area (Å²) < 4.78 is 21.0. The fourth-order valence-electron chi connectivity index (χ4n) is 2.16.